The largest absolute Gasteiger partial charge is 0.329 e. The second-order valence-electron chi connectivity index (χ2n) is 5.61. The third-order valence-electron chi connectivity index (χ3n) is 4.05. The van der Waals surface area contributed by atoms with E-state index < -0.39 is 5.82 Å². The summed E-state index contributed by atoms with van der Waals surface area (Å²) in [7, 11) is 0. The van der Waals surface area contributed by atoms with E-state index in [-0.39, 0.29) is 11.9 Å². The molecule has 1 fully saturated rings. The Balaban J connectivity index is 2.31. The first-order valence-corrected chi connectivity index (χ1v) is 6.95. The van der Waals surface area contributed by atoms with Crippen molar-refractivity contribution in [3.8, 4) is 0 Å². The lowest BCUT2D eigenvalue weighted by atomic mass is 9.98. The van der Waals surface area contributed by atoms with Crippen LogP contribution in [-0.2, 0) is 0 Å². The molecular weight excluding hydrogens is 246 g/mol. The Morgan fingerprint density at radius 2 is 2.11 bits per heavy atom. The fourth-order valence-corrected chi connectivity index (χ4v) is 3.13. The molecule has 1 aliphatic heterocycles. The highest BCUT2D eigenvalue weighted by Gasteiger charge is 2.33. The van der Waals surface area contributed by atoms with Crippen molar-refractivity contribution in [2.45, 2.75) is 38.8 Å². The molecule has 0 radical (unpaired) electrons. The molecule has 0 bridgehead atoms. The summed E-state index contributed by atoms with van der Waals surface area (Å²) < 4.78 is 27.3. The van der Waals surface area contributed by atoms with Gasteiger partial charge >= 0.3 is 0 Å². The smallest absolute Gasteiger partial charge is 0.128 e. The first kappa shape index (κ1) is 14.4. The van der Waals surface area contributed by atoms with Crippen LogP contribution in [0.2, 0.25) is 0 Å². The second kappa shape index (κ2) is 5.97. The minimum absolute atomic E-state index is 0.231. The molecule has 1 saturated heterocycles. The standard InChI is InChI=1S/C15H22F2N2/c1-10(2)14-4-3-7-19(14)15(9-18)12-8-11(16)5-6-13(12)17/h5-6,8,10,14-15H,3-4,7,9,18H2,1-2H3. The van der Waals surface area contributed by atoms with Crippen LogP contribution in [0.3, 0.4) is 0 Å². The van der Waals surface area contributed by atoms with Crippen molar-refractivity contribution in [2.75, 3.05) is 13.1 Å². The van der Waals surface area contributed by atoms with Crippen molar-refractivity contribution >= 4 is 0 Å². The Labute approximate surface area is 113 Å². The molecule has 2 N–H and O–H groups in total. The Hall–Kier alpha value is -1.00. The van der Waals surface area contributed by atoms with Crippen LogP contribution < -0.4 is 5.73 Å². The molecule has 0 aliphatic carbocycles. The van der Waals surface area contributed by atoms with Gasteiger partial charge in [-0.3, -0.25) is 4.90 Å². The van der Waals surface area contributed by atoms with Crippen LogP contribution in [-0.4, -0.2) is 24.0 Å². The van der Waals surface area contributed by atoms with E-state index in [1.165, 1.54) is 12.1 Å². The van der Waals surface area contributed by atoms with E-state index >= 15 is 0 Å². The van der Waals surface area contributed by atoms with Crippen LogP contribution in [0.1, 0.15) is 38.3 Å². The third-order valence-corrected chi connectivity index (χ3v) is 4.05. The first-order chi connectivity index (χ1) is 9.04. The lowest BCUT2D eigenvalue weighted by Crippen LogP contribution is -2.40. The van der Waals surface area contributed by atoms with Gasteiger partial charge in [-0.2, -0.15) is 0 Å². The summed E-state index contributed by atoms with van der Waals surface area (Å²) in [5.41, 5.74) is 6.22. The molecule has 19 heavy (non-hydrogen) atoms. The quantitative estimate of drug-likeness (QED) is 0.909. The maximum atomic E-state index is 13.9. The molecule has 0 aromatic heterocycles. The minimum Gasteiger partial charge on any atom is -0.329 e. The first-order valence-electron chi connectivity index (χ1n) is 6.95. The summed E-state index contributed by atoms with van der Waals surface area (Å²) in [5.74, 6) is -0.283. The molecular formula is C15H22F2N2. The van der Waals surface area contributed by atoms with Crippen molar-refractivity contribution in [1.82, 2.24) is 4.90 Å². The van der Waals surface area contributed by atoms with Crippen LogP contribution in [0.25, 0.3) is 0 Å². The number of hydrogen-bond donors (Lipinski definition) is 1. The number of halogens is 2. The summed E-state index contributed by atoms with van der Waals surface area (Å²) in [4.78, 5) is 2.24. The average Bonchev–Trinajstić information content (AvgIpc) is 2.84. The topological polar surface area (TPSA) is 29.3 Å². The molecule has 0 saturated carbocycles. The lowest BCUT2D eigenvalue weighted by Gasteiger charge is -2.35. The zero-order chi connectivity index (χ0) is 14.0. The maximum absolute atomic E-state index is 13.9. The normalized spacial score (nSPS) is 22.1. The van der Waals surface area contributed by atoms with Crippen molar-refractivity contribution < 1.29 is 8.78 Å². The molecule has 2 unspecified atom stereocenters. The van der Waals surface area contributed by atoms with Crippen molar-refractivity contribution in [3.63, 3.8) is 0 Å². The zero-order valence-corrected chi connectivity index (χ0v) is 11.6. The summed E-state index contributed by atoms with van der Waals surface area (Å²) in [5, 5.41) is 0. The van der Waals surface area contributed by atoms with Gasteiger partial charge in [-0.15, -0.1) is 0 Å². The minimum atomic E-state index is -0.407. The fourth-order valence-electron chi connectivity index (χ4n) is 3.13. The predicted octanol–water partition coefficient (Wildman–Crippen LogP) is 3.09. The molecule has 0 spiro atoms. The summed E-state index contributed by atoms with van der Waals surface area (Å²) in [6.45, 7) is 5.54. The Morgan fingerprint density at radius 1 is 1.37 bits per heavy atom. The predicted molar refractivity (Wildman–Crippen MR) is 72.7 cm³/mol. The van der Waals surface area contributed by atoms with Crippen LogP contribution in [0, 0.1) is 17.6 Å². The van der Waals surface area contributed by atoms with Crippen molar-refractivity contribution in [3.05, 3.63) is 35.4 Å². The van der Waals surface area contributed by atoms with E-state index in [0.717, 1.165) is 25.5 Å². The molecule has 106 valence electrons. The molecule has 1 aliphatic rings. The lowest BCUT2D eigenvalue weighted by molar-refractivity contribution is 0.146. The van der Waals surface area contributed by atoms with Gasteiger partial charge in [0.15, 0.2) is 0 Å². The van der Waals surface area contributed by atoms with E-state index in [9.17, 15) is 8.78 Å². The summed E-state index contributed by atoms with van der Waals surface area (Å²) in [6, 6.07) is 3.79. The molecule has 2 atom stereocenters. The number of benzene rings is 1. The van der Waals surface area contributed by atoms with E-state index in [4.69, 9.17) is 5.73 Å². The van der Waals surface area contributed by atoms with Crippen molar-refractivity contribution in [2.24, 2.45) is 11.7 Å². The number of nitrogens with zero attached hydrogens (tertiary/aromatic N) is 1. The van der Waals surface area contributed by atoms with Gasteiger partial charge in [0.25, 0.3) is 0 Å². The highest BCUT2D eigenvalue weighted by molar-refractivity contribution is 5.23. The maximum Gasteiger partial charge on any atom is 0.128 e. The summed E-state index contributed by atoms with van der Waals surface area (Å²) in [6.07, 6.45) is 2.20. The fraction of sp³-hybridized carbons (Fsp3) is 0.600. The second-order valence-corrected chi connectivity index (χ2v) is 5.61. The molecule has 1 heterocycles. The van der Waals surface area contributed by atoms with Gasteiger partial charge in [-0.05, 0) is 43.5 Å². The van der Waals surface area contributed by atoms with E-state index in [0.29, 0.717) is 24.1 Å². The van der Waals surface area contributed by atoms with Crippen molar-refractivity contribution in [1.29, 1.82) is 0 Å². The SMILES string of the molecule is CC(C)C1CCCN1C(CN)c1cc(F)ccc1F. The Morgan fingerprint density at radius 3 is 2.74 bits per heavy atom. The van der Waals surface area contributed by atoms with Gasteiger partial charge < -0.3 is 5.73 Å². The van der Waals surface area contributed by atoms with E-state index in [1.54, 1.807) is 0 Å². The molecule has 4 heteroatoms. The molecule has 1 aromatic rings. The number of hydrogen-bond acceptors (Lipinski definition) is 2. The summed E-state index contributed by atoms with van der Waals surface area (Å²) >= 11 is 0. The van der Waals surface area contributed by atoms with E-state index in [2.05, 4.69) is 18.7 Å². The number of nitrogens with two attached hydrogens (primary N) is 1. The zero-order valence-electron chi connectivity index (χ0n) is 11.6. The molecule has 0 amide bonds. The Kier molecular flexibility index (Phi) is 4.53. The Bertz CT molecular complexity index is 434. The molecule has 2 rings (SSSR count). The van der Waals surface area contributed by atoms with Crippen LogP contribution in [0.5, 0.6) is 0 Å². The highest BCUT2D eigenvalue weighted by atomic mass is 19.1. The van der Waals surface area contributed by atoms with Gasteiger partial charge in [-0.1, -0.05) is 13.8 Å². The average molecular weight is 268 g/mol. The van der Waals surface area contributed by atoms with Crippen LogP contribution in [0.4, 0.5) is 8.78 Å². The third kappa shape index (κ3) is 2.95. The highest BCUT2D eigenvalue weighted by Crippen LogP contribution is 2.33. The molecule has 2 nitrogen and oxygen atoms in total. The monoisotopic (exact) mass is 268 g/mol. The van der Waals surface area contributed by atoms with Crippen LogP contribution in [0.15, 0.2) is 18.2 Å². The van der Waals surface area contributed by atoms with E-state index in [1.807, 2.05) is 0 Å². The van der Waals surface area contributed by atoms with Gasteiger partial charge in [-0.25, -0.2) is 8.78 Å². The van der Waals surface area contributed by atoms with Gasteiger partial charge in [0.1, 0.15) is 11.6 Å². The van der Waals surface area contributed by atoms with Crippen LogP contribution >= 0.6 is 0 Å². The molecule has 1 aromatic carbocycles. The number of likely N-dealkylation sites (tertiary alicyclic amines) is 1. The number of rotatable bonds is 4. The van der Waals surface area contributed by atoms with Gasteiger partial charge in [0, 0.05) is 18.2 Å². The van der Waals surface area contributed by atoms with Gasteiger partial charge in [0.2, 0.25) is 0 Å². The van der Waals surface area contributed by atoms with Gasteiger partial charge in [0.05, 0.1) is 6.04 Å².